The van der Waals surface area contributed by atoms with Crippen LogP contribution in [0.3, 0.4) is 0 Å². The highest BCUT2D eigenvalue weighted by molar-refractivity contribution is 5.95. The van der Waals surface area contributed by atoms with Gasteiger partial charge in [0, 0.05) is 24.1 Å². The molecule has 0 saturated heterocycles. The van der Waals surface area contributed by atoms with E-state index in [1.54, 1.807) is 25.4 Å². The van der Waals surface area contributed by atoms with E-state index >= 15 is 0 Å². The molecule has 4 rings (SSSR count). The van der Waals surface area contributed by atoms with Crippen LogP contribution < -0.4 is 10.1 Å². The molecule has 0 radical (unpaired) electrons. The SMILES string of the molecule is COCc1nc(C)ncc1OC[C@@]1(C2C=CC=CC2)C[C@H]1C(=O)Nc1cccc(F)c1. The smallest absolute Gasteiger partial charge is 0.228 e. The van der Waals surface area contributed by atoms with Gasteiger partial charge in [0.2, 0.25) is 5.91 Å². The molecule has 1 aromatic carbocycles. The monoisotopic (exact) mass is 423 g/mol. The van der Waals surface area contributed by atoms with Gasteiger partial charge in [0.1, 0.15) is 17.3 Å². The van der Waals surface area contributed by atoms with Crippen LogP contribution in [0.5, 0.6) is 5.75 Å². The van der Waals surface area contributed by atoms with Gasteiger partial charge in [-0.1, -0.05) is 30.4 Å². The molecule has 1 saturated carbocycles. The summed E-state index contributed by atoms with van der Waals surface area (Å²) in [7, 11) is 1.61. The molecule has 7 heteroatoms. The number of nitrogens with one attached hydrogen (secondary N) is 1. The summed E-state index contributed by atoms with van der Waals surface area (Å²) in [5.74, 6) is 0.668. The van der Waals surface area contributed by atoms with Crippen molar-refractivity contribution in [3.63, 3.8) is 0 Å². The predicted octanol–water partition coefficient (Wildman–Crippen LogP) is 4.23. The van der Waals surface area contributed by atoms with Crippen LogP contribution in [0.15, 0.2) is 54.8 Å². The van der Waals surface area contributed by atoms with Gasteiger partial charge < -0.3 is 14.8 Å². The van der Waals surface area contributed by atoms with Crippen molar-refractivity contribution in [1.82, 2.24) is 9.97 Å². The highest BCUT2D eigenvalue weighted by Crippen LogP contribution is 2.60. The van der Waals surface area contributed by atoms with Gasteiger partial charge in [0.05, 0.1) is 19.4 Å². The van der Waals surface area contributed by atoms with Crippen LogP contribution in [-0.2, 0) is 16.1 Å². The van der Waals surface area contributed by atoms with Crippen molar-refractivity contribution in [2.75, 3.05) is 19.0 Å². The lowest BCUT2D eigenvalue weighted by atomic mass is 9.82. The van der Waals surface area contributed by atoms with Crippen molar-refractivity contribution in [2.45, 2.75) is 26.4 Å². The van der Waals surface area contributed by atoms with E-state index in [1.807, 2.05) is 19.1 Å². The molecule has 2 aliphatic carbocycles. The Morgan fingerprint density at radius 2 is 2.23 bits per heavy atom. The normalized spacial score (nSPS) is 24.1. The van der Waals surface area contributed by atoms with Gasteiger partial charge in [-0.25, -0.2) is 14.4 Å². The Balaban J connectivity index is 1.52. The molecule has 6 nitrogen and oxygen atoms in total. The van der Waals surface area contributed by atoms with Crippen molar-refractivity contribution in [1.29, 1.82) is 0 Å². The van der Waals surface area contributed by atoms with Gasteiger partial charge in [0.15, 0.2) is 5.75 Å². The number of hydrogen-bond donors (Lipinski definition) is 1. The third kappa shape index (κ3) is 4.66. The van der Waals surface area contributed by atoms with E-state index in [0.717, 1.165) is 6.42 Å². The number of aryl methyl sites for hydroxylation is 1. The minimum absolute atomic E-state index is 0.116. The number of benzene rings is 1. The van der Waals surface area contributed by atoms with Gasteiger partial charge in [0.25, 0.3) is 0 Å². The fourth-order valence-electron chi connectivity index (χ4n) is 4.23. The summed E-state index contributed by atoms with van der Waals surface area (Å²) >= 11 is 0. The Morgan fingerprint density at radius 1 is 1.35 bits per heavy atom. The van der Waals surface area contributed by atoms with E-state index in [-0.39, 0.29) is 29.0 Å². The summed E-state index contributed by atoms with van der Waals surface area (Å²) in [5, 5.41) is 2.85. The fourth-order valence-corrected chi connectivity index (χ4v) is 4.23. The molecule has 1 heterocycles. The first-order chi connectivity index (χ1) is 15.0. The molecule has 2 aromatic rings. The molecule has 3 atom stereocenters. The second kappa shape index (κ2) is 8.98. The minimum Gasteiger partial charge on any atom is -0.489 e. The summed E-state index contributed by atoms with van der Waals surface area (Å²) < 4.78 is 24.9. The average Bonchev–Trinajstić information content (AvgIpc) is 3.50. The largest absolute Gasteiger partial charge is 0.489 e. The molecular formula is C24H26FN3O3. The molecule has 1 unspecified atom stereocenters. The van der Waals surface area contributed by atoms with E-state index in [4.69, 9.17) is 9.47 Å². The van der Waals surface area contributed by atoms with E-state index in [9.17, 15) is 9.18 Å². The van der Waals surface area contributed by atoms with Gasteiger partial charge in [-0.15, -0.1) is 0 Å². The third-order valence-corrected chi connectivity index (χ3v) is 5.97. The maximum Gasteiger partial charge on any atom is 0.228 e. The summed E-state index contributed by atoms with van der Waals surface area (Å²) in [5.41, 5.74) is 0.805. The maximum absolute atomic E-state index is 13.5. The Bertz CT molecular complexity index is 1020. The standard InChI is InChI=1S/C24H26FN3O3/c1-16-26-13-22(21(27-16)14-30-2)31-15-24(17-7-4-3-5-8-17)12-20(24)23(29)28-19-10-6-9-18(25)11-19/h3-7,9-11,13,17,20H,8,12,14-15H2,1-2H3,(H,28,29)/t17?,20-,24+/m0/s1. The van der Waals surface area contributed by atoms with Crippen LogP contribution in [0.1, 0.15) is 24.4 Å². The van der Waals surface area contributed by atoms with Crippen LogP contribution in [-0.4, -0.2) is 29.6 Å². The molecule has 2 aliphatic rings. The first-order valence-electron chi connectivity index (χ1n) is 10.4. The van der Waals surface area contributed by atoms with Gasteiger partial charge in [-0.2, -0.15) is 0 Å². The minimum atomic E-state index is -0.381. The van der Waals surface area contributed by atoms with Crippen molar-refractivity contribution in [3.8, 4) is 5.75 Å². The zero-order chi connectivity index (χ0) is 21.8. The van der Waals surface area contributed by atoms with Gasteiger partial charge in [-0.05, 0) is 43.9 Å². The van der Waals surface area contributed by atoms with Crippen LogP contribution >= 0.6 is 0 Å². The highest BCUT2D eigenvalue weighted by Gasteiger charge is 2.62. The Morgan fingerprint density at radius 3 is 2.97 bits per heavy atom. The lowest BCUT2D eigenvalue weighted by Gasteiger charge is -2.27. The van der Waals surface area contributed by atoms with E-state index in [2.05, 4.69) is 27.4 Å². The number of allylic oxidation sites excluding steroid dienone is 4. The van der Waals surface area contributed by atoms with Gasteiger partial charge >= 0.3 is 0 Å². The second-order valence-electron chi connectivity index (χ2n) is 8.09. The van der Waals surface area contributed by atoms with Crippen LogP contribution in [0.25, 0.3) is 0 Å². The number of ether oxygens (including phenoxy) is 2. The number of hydrogen-bond acceptors (Lipinski definition) is 5. The molecule has 0 bridgehead atoms. The second-order valence-corrected chi connectivity index (χ2v) is 8.09. The molecule has 1 fully saturated rings. The maximum atomic E-state index is 13.5. The molecule has 1 aromatic heterocycles. The van der Waals surface area contributed by atoms with Gasteiger partial charge in [-0.3, -0.25) is 4.79 Å². The molecular weight excluding hydrogens is 397 g/mol. The summed E-state index contributed by atoms with van der Waals surface area (Å²) in [6.45, 7) is 2.50. The highest BCUT2D eigenvalue weighted by atomic mass is 19.1. The number of halogens is 1. The van der Waals surface area contributed by atoms with E-state index < -0.39 is 0 Å². The first-order valence-corrected chi connectivity index (χ1v) is 10.4. The predicted molar refractivity (Wildman–Crippen MR) is 115 cm³/mol. The Kier molecular flexibility index (Phi) is 6.13. The molecule has 31 heavy (non-hydrogen) atoms. The molecule has 0 aliphatic heterocycles. The van der Waals surface area contributed by atoms with Crippen LogP contribution in [0.2, 0.25) is 0 Å². The van der Waals surface area contributed by atoms with Crippen molar-refractivity contribution >= 4 is 11.6 Å². The molecule has 1 N–H and O–H groups in total. The molecule has 162 valence electrons. The van der Waals surface area contributed by atoms with Crippen molar-refractivity contribution in [2.24, 2.45) is 17.3 Å². The fraction of sp³-hybridized carbons (Fsp3) is 0.375. The van der Waals surface area contributed by atoms with Crippen molar-refractivity contribution < 1.29 is 18.7 Å². The summed E-state index contributed by atoms with van der Waals surface area (Å²) in [4.78, 5) is 21.6. The van der Waals surface area contributed by atoms with E-state index in [1.165, 1.54) is 12.1 Å². The first kappa shape index (κ1) is 21.2. The number of nitrogens with zero attached hydrogens (tertiary/aromatic N) is 2. The Labute approximate surface area is 181 Å². The quantitative estimate of drug-likeness (QED) is 0.688. The number of methoxy groups -OCH3 is 1. The summed E-state index contributed by atoms with van der Waals surface area (Å²) in [6.07, 6.45) is 11.5. The van der Waals surface area contributed by atoms with Crippen LogP contribution in [0, 0.1) is 30.0 Å². The van der Waals surface area contributed by atoms with Crippen LogP contribution in [0.4, 0.5) is 10.1 Å². The lowest BCUT2D eigenvalue weighted by Crippen LogP contribution is -2.29. The zero-order valence-electron chi connectivity index (χ0n) is 17.7. The zero-order valence-corrected chi connectivity index (χ0v) is 17.7. The lowest BCUT2D eigenvalue weighted by molar-refractivity contribution is -0.118. The number of anilines is 1. The molecule has 0 spiro atoms. The number of rotatable bonds is 8. The average molecular weight is 423 g/mol. The number of amides is 1. The third-order valence-electron chi connectivity index (χ3n) is 5.97. The Hall–Kier alpha value is -3.06. The van der Waals surface area contributed by atoms with Crippen molar-refractivity contribution in [3.05, 3.63) is 72.1 Å². The number of aromatic nitrogens is 2. The number of carbonyl (C=O) groups excluding carboxylic acids is 1. The molecule has 1 amide bonds. The number of carbonyl (C=O) groups is 1. The summed E-state index contributed by atoms with van der Waals surface area (Å²) in [6, 6.07) is 5.94. The van der Waals surface area contributed by atoms with E-state index in [0.29, 0.717) is 42.6 Å². The topological polar surface area (TPSA) is 73.3 Å².